The van der Waals surface area contributed by atoms with Crippen LogP contribution < -0.4 is 14.8 Å². The fraction of sp³-hybridized carbons (Fsp3) is 0.100. The van der Waals surface area contributed by atoms with Crippen molar-refractivity contribution in [2.75, 3.05) is 12.4 Å². The Kier molecular flexibility index (Phi) is 5.41. The van der Waals surface area contributed by atoms with Gasteiger partial charge in [-0.3, -0.25) is 4.79 Å². The van der Waals surface area contributed by atoms with Gasteiger partial charge in [-0.25, -0.2) is 4.79 Å². The predicted octanol–water partition coefficient (Wildman–Crippen LogP) is 3.82. The number of carboxylic acids is 1. The smallest absolute Gasteiger partial charge is 0.371 e. The fourth-order valence-electron chi connectivity index (χ4n) is 2.37. The van der Waals surface area contributed by atoms with Crippen LogP contribution in [-0.2, 0) is 6.61 Å². The van der Waals surface area contributed by atoms with Crippen molar-refractivity contribution in [3.63, 3.8) is 0 Å². The molecule has 0 aliphatic heterocycles. The molecule has 7 nitrogen and oxygen atoms in total. The van der Waals surface area contributed by atoms with Gasteiger partial charge in [0.15, 0.2) is 0 Å². The van der Waals surface area contributed by atoms with Crippen molar-refractivity contribution in [1.82, 2.24) is 0 Å². The summed E-state index contributed by atoms with van der Waals surface area (Å²) in [7, 11) is 1.54. The highest BCUT2D eigenvalue weighted by Gasteiger charge is 2.11. The van der Waals surface area contributed by atoms with Crippen molar-refractivity contribution in [2.45, 2.75) is 6.61 Å². The molecule has 7 heteroatoms. The van der Waals surface area contributed by atoms with Crippen molar-refractivity contribution in [3.8, 4) is 11.5 Å². The van der Waals surface area contributed by atoms with Crippen LogP contribution in [0.1, 0.15) is 26.7 Å². The second-order valence-corrected chi connectivity index (χ2v) is 5.54. The van der Waals surface area contributed by atoms with E-state index in [0.29, 0.717) is 28.5 Å². The number of carbonyl (C=O) groups is 2. The Morgan fingerprint density at radius 1 is 1.04 bits per heavy atom. The van der Waals surface area contributed by atoms with Gasteiger partial charge >= 0.3 is 5.97 Å². The normalized spacial score (nSPS) is 10.3. The Balaban J connectivity index is 1.60. The standard InChI is InChI=1S/C20H17NO6/c1-25-17-5-3-2-4-16(17)21-19(22)13-6-8-14(9-7-13)26-12-15-10-11-18(27-15)20(23)24/h2-11H,12H2,1H3,(H,21,22)(H,23,24). The highest BCUT2D eigenvalue weighted by molar-refractivity contribution is 6.05. The monoisotopic (exact) mass is 367 g/mol. The molecule has 0 unspecified atom stereocenters. The third-order valence-electron chi connectivity index (χ3n) is 3.73. The number of hydrogen-bond donors (Lipinski definition) is 2. The first kappa shape index (κ1) is 18.1. The second kappa shape index (κ2) is 8.09. The molecule has 0 radical (unpaired) electrons. The maximum absolute atomic E-state index is 12.4. The minimum absolute atomic E-state index is 0.0834. The number of nitrogens with one attached hydrogen (secondary N) is 1. The first-order valence-electron chi connectivity index (χ1n) is 8.06. The number of hydrogen-bond acceptors (Lipinski definition) is 5. The minimum atomic E-state index is -1.13. The molecule has 3 aromatic rings. The number of ether oxygens (including phenoxy) is 2. The van der Waals surface area contributed by atoms with Gasteiger partial charge in [-0.2, -0.15) is 0 Å². The summed E-state index contributed by atoms with van der Waals surface area (Å²) in [5.74, 6) is -0.0562. The fourth-order valence-corrected chi connectivity index (χ4v) is 2.37. The molecule has 0 bridgehead atoms. The van der Waals surface area contributed by atoms with Gasteiger partial charge < -0.3 is 24.3 Å². The third-order valence-corrected chi connectivity index (χ3v) is 3.73. The highest BCUT2D eigenvalue weighted by atomic mass is 16.5. The number of amides is 1. The van der Waals surface area contributed by atoms with E-state index in [0.717, 1.165) is 0 Å². The maximum atomic E-state index is 12.4. The van der Waals surface area contributed by atoms with E-state index >= 15 is 0 Å². The Morgan fingerprint density at radius 3 is 2.44 bits per heavy atom. The number of methoxy groups -OCH3 is 1. The number of para-hydroxylation sites is 2. The van der Waals surface area contributed by atoms with Crippen molar-refractivity contribution < 1.29 is 28.6 Å². The minimum Gasteiger partial charge on any atom is -0.495 e. The number of furan rings is 1. The molecule has 1 aromatic heterocycles. The largest absolute Gasteiger partial charge is 0.495 e. The first-order chi connectivity index (χ1) is 13.1. The molecule has 0 fully saturated rings. The lowest BCUT2D eigenvalue weighted by Crippen LogP contribution is -2.12. The van der Waals surface area contributed by atoms with Crippen molar-refractivity contribution in [1.29, 1.82) is 0 Å². The first-order valence-corrected chi connectivity index (χ1v) is 8.06. The summed E-state index contributed by atoms with van der Waals surface area (Å²) in [6.45, 7) is 0.0834. The zero-order valence-corrected chi connectivity index (χ0v) is 14.5. The van der Waals surface area contributed by atoms with Crippen LogP contribution in [0, 0.1) is 0 Å². The molecule has 3 rings (SSSR count). The Bertz CT molecular complexity index is 945. The number of benzene rings is 2. The van der Waals surface area contributed by atoms with Crippen LogP contribution in [-0.4, -0.2) is 24.1 Å². The van der Waals surface area contributed by atoms with Gasteiger partial charge in [0.1, 0.15) is 23.9 Å². The molecule has 2 N–H and O–H groups in total. The molecule has 0 saturated heterocycles. The summed E-state index contributed by atoms with van der Waals surface area (Å²) in [4.78, 5) is 23.1. The predicted molar refractivity (Wildman–Crippen MR) is 97.4 cm³/mol. The summed E-state index contributed by atoms with van der Waals surface area (Å²) in [6, 6.07) is 16.6. The molecular formula is C20H17NO6. The quantitative estimate of drug-likeness (QED) is 0.659. The average molecular weight is 367 g/mol. The molecule has 0 aliphatic rings. The van der Waals surface area contributed by atoms with E-state index in [1.54, 1.807) is 48.5 Å². The molecule has 0 spiro atoms. The summed E-state index contributed by atoms with van der Waals surface area (Å²) >= 11 is 0. The maximum Gasteiger partial charge on any atom is 0.371 e. The second-order valence-electron chi connectivity index (χ2n) is 5.54. The van der Waals surface area contributed by atoms with Gasteiger partial charge in [-0.15, -0.1) is 0 Å². The molecule has 1 amide bonds. The number of carbonyl (C=O) groups excluding carboxylic acids is 1. The van der Waals surface area contributed by atoms with Gasteiger partial charge in [-0.1, -0.05) is 12.1 Å². The Hall–Kier alpha value is -3.74. The lowest BCUT2D eigenvalue weighted by atomic mass is 10.2. The van der Waals surface area contributed by atoms with Crippen LogP contribution in [0.2, 0.25) is 0 Å². The summed E-state index contributed by atoms with van der Waals surface area (Å²) in [6.07, 6.45) is 0. The molecule has 0 saturated carbocycles. The van der Waals surface area contributed by atoms with Gasteiger partial charge in [0.05, 0.1) is 12.8 Å². The van der Waals surface area contributed by atoms with Crippen LogP contribution in [0.3, 0.4) is 0 Å². The van der Waals surface area contributed by atoms with Crippen molar-refractivity contribution in [2.24, 2.45) is 0 Å². The van der Waals surface area contributed by atoms with Gasteiger partial charge in [-0.05, 0) is 48.5 Å². The van der Waals surface area contributed by atoms with E-state index in [-0.39, 0.29) is 18.3 Å². The van der Waals surface area contributed by atoms with E-state index in [2.05, 4.69) is 5.32 Å². The SMILES string of the molecule is COc1ccccc1NC(=O)c1ccc(OCc2ccc(C(=O)O)o2)cc1. The lowest BCUT2D eigenvalue weighted by molar-refractivity contribution is 0.0658. The zero-order chi connectivity index (χ0) is 19.2. The average Bonchev–Trinajstić information content (AvgIpc) is 3.16. The van der Waals surface area contributed by atoms with Crippen LogP contribution in [0.15, 0.2) is 65.1 Å². The van der Waals surface area contributed by atoms with E-state index in [4.69, 9.17) is 19.0 Å². The zero-order valence-electron chi connectivity index (χ0n) is 14.5. The van der Waals surface area contributed by atoms with Crippen LogP contribution in [0.25, 0.3) is 0 Å². The van der Waals surface area contributed by atoms with E-state index in [1.807, 2.05) is 6.07 Å². The Labute approximate surface area is 155 Å². The van der Waals surface area contributed by atoms with Crippen LogP contribution >= 0.6 is 0 Å². The van der Waals surface area contributed by atoms with Gasteiger partial charge in [0.25, 0.3) is 5.91 Å². The summed E-state index contributed by atoms with van der Waals surface area (Å²) in [5.41, 5.74) is 1.04. The van der Waals surface area contributed by atoms with E-state index in [1.165, 1.54) is 13.2 Å². The number of rotatable bonds is 7. The molecule has 138 valence electrons. The third kappa shape index (κ3) is 4.46. The molecule has 0 aliphatic carbocycles. The van der Waals surface area contributed by atoms with Crippen molar-refractivity contribution in [3.05, 3.63) is 77.7 Å². The topological polar surface area (TPSA) is 98.0 Å². The molecular weight excluding hydrogens is 350 g/mol. The number of aromatic carboxylic acids is 1. The lowest BCUT2D eigenvalue weighted by Gasteiger charge is -2.10. The number of anilines is 1. The summed E-state index contributed by atoms with van der Waals surface area (Å²) < 4.78 is 15.9. The molecule has 2 aromatic carbocycles. The molecule has 0 atom stereocenters. The molecule has 27 heavy (non-hydrogen) atoms. The van der Waals surface area contributed by atoms with E-state index < -0.39 is 5.97 Å². The van der Waals surface area contributed by atoms with Crippen LogP contribution in [0.4, 0.5) is 5.69 Å². The van der Waals surface area contributed by atoms with Gasteiger partial charge in [0, 0.05) is 5.56 Å². The van der Waals surface area contributed by atoms with Gasteiger partial charge in [0.2, 0.25) is 5.76 Å². The van der Waals surface area contributed by atoms with E-state index in [9.17, 15) is 9.59 Å². The summed E-state index contributed by atoms with van der Waals surface area (Å²) in [5, 5.41) is 11.6. The number of carboxylic acid groups (broad SMARTS) is 1. The highest BCUT2D eigenvalue weighted by Crippen LogP contribution is 2.24. The van der Waals surface area contributed by atoms with Crippen LogP contribution in [0.5, 0.6) is 11.5 Å². The van der Waals surface area contributed by atoms with Crippen molar-refractivity contribution >= 4 is 17.6 Å². The Morgan fingerprint density at radius 2 is 1.78 bits per heavy atom. The molecule has 1 heterocycles.